The van der Waals surface area contributed by atoms with Crippen LogP contribution in [0, 0.1) is 5.92 Å². The summed E-state index contributed by atoms with van der Waals surface area (Å²) in [6.45, 7) is 9.10. The molecule has 0 unspecified atom stereocenters. The Hall–Kier alpha value is -1.50. The van der Waals surface area contributed by atoms with Gasteiger partial charge in [0.15, 0.2) is 0 Å². The molecule has 1 atom stereocenters. The Kier molecular flexibility index (Phi) is 5.73. The van der Waals surface area contributed by atoms with Crippen LogP contribution in [0.15, 0.2) is 0 Å². The summed E-state index contributed by atoms with van der Waals surface area (Å²) in [5.41, 5.74) is -0.503. The lowest BCUT2D eigenvalue weighted by molar-refractivity contribution is 0.0149. The van der Waals surface area contributed by atoms with Crippen molar-refractivity contribution < 1.29 is 19.4 Å². The minimum atomic E-state index is -0.503. The Morgan fingerprint density at radius 1 is 1.04 bits per heavy atom. The first-order valence-corrected chi connectivity index (χ1v) is 8.43. The van der Waals surface area contributed by atoms with Gasteiger partial charge in [-0.25, -0.2) is 9.59 Å². The highest BCUT2D eigenvalue weighted by atomic mass is 16.6. The number of nitrogens with zero attached hydrogens (tertiary/aromatic N) is 3. The summed E-state index contributed by atoms with van der Waals surface area (Å²) in [5.74, 6) is 0.191. The minimum absolute atomic E-state index is 0.0204. The highest BCUT2D eigenvalue weighted by Gasteiger charge is 2.31. The lowest BCUT2D eigenvalue weighted by Gasteiger charge is -2.40. The van der Waals surface area contributed by atoms with E-state index in [1.807, 2.05) is 25.7 Å². The average molecular weight is 327 g/mol. The van der Waals surface area contributed by atoms with Crippen molar-refractivity contribution in [2.45, 2.75) is 39.2 Å². The number of ether oxygens (including phenoxy) is 1. The summed E-state index contributed by atoms with van der Waals surface area (Å²) < 4.78 is 5.36. The van der Waals surface area contributed by atoms with E-state index in [4.69, 9.17) is 4.74 Å². The number of aliphatic hydroxyl groups is 1. The van der Waals surface area contributed by atoms with Gasteiger partial charge in [-0.05, 0) is 39.5 Å². The van der Waals surface area contributed by atoms with Gasteiger partial charge < -0.3 is 24.5 Å². The third kappa shape index (κ3) is 4.99. The van der Waals surface area contributed by atoms with Crippen molar-refractivity contribution in [3.63, 3.8) is 0 Å². The predicted octanol–water partition coefficient (Wildman–Crippen LogP) is 1.36. The first-order valence-electron chi connectivity index (χ1n) is 8.43. The smallest absolute Gasteiger partial charge is 0.410 e. The number of carbonyl (C=O) groups excluding carboxylic acids is 2. The second-order valence-electron chi connectivity index (χ2n) is 7.37. The standard InChI is InChI=1S/C16H29N3O4/c1-16(2,3)23-15(22)18-9-7-17(8-10-18)14(21)19-6-4-5-13(11-19)12-20/h13,20H,4-12H2,1-3H3/t13-/m0/s1. The Bertz CT molecular complexity index is 428. The van der Waals surface area contributed by atoms with Crippen LogP contribution in [0.5, 0.6) is 0 Å². The fourth-order valence-electron chi connectivity index (χ4n) is 2.99. The number of carbonyl (C=O) groups is 2. The Labute approximate surface area is 138 Å². The molecule has 0 spiro atoms. The molecule has 0 radical (unpaired) electrons. The second-order valence-corrected chi connectivity index (χ2v) is 7.37. The van der Waals surface area contributed by atoms with Crippen LogP contribution in [0.2, 0.25) is 0 Å². The highest BCUT2D eigenvalue weighted by Crippen LogP contribution is 2.18. The quantitative estimate of drug-likeness (QED) is 0.789. The maximum Gasteiger partial charge on any atom is 0.410 e. The second kappa shape index (κ2) is 7.38. The van der Waals surface area contributed by atoms with E-state index in [-0.39, 0.29) is 24.6 Å². The summed E-state index contributed by atoms with van der Waals surface area (Å²) in [7, 11) is 0. The molecule has 0 aliphatic carbocycles. The molecule has 3 amide bonds. The molecule has 2 rings (SSSR count). The normalized spacial score (nSPS) is 23.0. The molecule has 2 saturated heterocycles. The van der Waals surface area contributed by atoms with E-state index in [0.29, 0.717) is 32.7 Å². The van der Waals surface area contributed by atoms with E-state index < -0.39 is 5.60 Å². The fourth-order valence-corrected chi connectivity index (χ4v) is 2.99. The number of likely N-dealkylation sites (tertiary alicyclic amines) is 1. The van der Waals surface area contributed by atoms with Gasteiger partial charge in [0, 0.05) is 45.9 Å². The molecule has 2 fully saturated rings. The van der Waals surface area contributed by atoms with E-state index in [0.717, 1.165) is 19.4 Å². The Morgan fingerprint density at radius 3 is 2.22 bits per heavy atom. The van der Waals surface area contributed by atoms with Gasteiger partial charge in [-0.15, -0.1) is 0 Å². The highest BCUT2D eigenvalue weighted by molar-refractivity contribution is 5.75. The van der Waals surface area contributed by atoms with Gasteiger partial charge in [-0.2, -0.15) is 0 Å². The van der Waals surface area contributed by atoms with Gasteiger partial charge in [0.2, 0.25) is 0 Å². The van der Waals surface area contributed by atoms with Gasteiger partial charge in [-0.3, -0.25) is 0 Å². The molecule has 7 nitrogen and oxygen atoms in total. The SMILES string of the molecule is CC(C)(C)OC(=O)N1CCN(C(=O)N2CCC[C@H](CO)C2)CC1. The molecule has 0 aromatic rings. The van der Waals surface area contributed by atoms with Crippen LogP contribution in [-0.2, 0) is 4.74 Å². The number of hydrogen-bond donors (Lipinski definition) is 1. The van der Waals surface area contributed by atoms with E-state index >= 15 is 0 Å². The molecule has 0 bridgehead atoms. The van der Waals surface area contributed by atoms with Crippen molar-refractivity contribution in [1.82, 2.24) is 14.7 Å². The van der Waals surface area contributed by atoms with Crippen molar-refractivity contribution in [3.8, 4) is 0 Å². The van der Waals surface area contributed by atoms with Gasteiger partial charge in [0.1, 0.15) is 5.60 Å². The van der Waals surface area contributed by atoms with E-state index in [1.165, 1.54) is 0 Å². The van der Waals surface area contributed by atoms with Crippen LogP contribution in [0.3, 0.4) is 0 Å². The lowest BCUT2D eigenvalue weighted by atomic mass is 9.99. The first-order chi connectivity index (χ1) is 10.8. The molecule has 0 aromatic heterocycles. The lowest BCUT2D eigenvalue weighted by Crippen LogP contribution is -2.56. The molecule has 2 aliphatic heterocycles. The van der Waals surface area contributed by atoms with Crippen LogP contribution in [-0.4, -0.2) is 83.4 Å². The maximum atomic E-state index is 12.6. The molecule has 1 N–H and O–H groups in total. The maximum absolute atomic E-state index is 12.6. The molecule has 0 aromatic carbocycles. The summed E-state index contributed by atoms with van der Waals surface area (Å²) >= 11 is 0. The Balaban J connectivity index is 1.82. The molecule has 2 heterocycles. The Morgan fingerprint density at radius 2 is 1.65 bits per heavy atom. The monoisotopic (exact) mass is 327 g/mol. The molecule has 132 valence electrons. The van der Waals surface area contributed by atoms with Gasteiger partial charge in [0.25, 0.3) is 0 Å². The van der Waals surface area contributed by atoms with Crippen molar-refractivity contribution >= 4 is 12.1 Å². The summed E-state index contributed by atoms with van der Waals surface area (Å²) in [6.07, 6.45) is 1.60. The number of aliphatic hydroxyl groups excluding tert-OH is 1. The van der Waals surface area contributed by atoms with Gasteiger partial charge >= 0.3 is 12.1 Å². The summed E-state index contributed by atoms with van der Waals surface area (Å²) in [5, 5.41) is 9.28. The van der Waals surface area contributed by atoms with E-state index in [2.05, 4.69) is 0 Å². The average Bonchev–Trinajstić information content (AvgIpc) is 2.53. The first kappa shape index (κ1) is 17.8. The largest absolute Gasteiger partial charge is 0.444 e. The topological polar surface area (TPSA) is 73.3 Å². The number of rotatable bonds is 1. The van der Waals surface area contributed by atoms with Crippen LogP contribution < -0.4 is 0 Å². The third-order valence-corrected chi connectivity index (χ3v) is 4.25. The fraction of sp³-hybridized carbons (Fsp3) is 0.875. The number of urea groups is 1. The van der Waals surface area contributed by atoms with Gasteiger partial charge in [-0.1, -0.05) is 0 Å². The van der Waals surface area contributed by atoms with Crippen molar-refractivity contribution in [3.05, 3.63) is 0 Å². The minimum Gasteiger partial charge on any atom is -0.444 e. The molecule has 23 heavy (non-hydrogen) atoms. The summed E-state index contributed by atoms with van der Waals surface area (Å²) in [6, 6.07) is 0.0204. The zero-order chi connectivity index (χ0) is 17.0. The molecule has 0 saturated carbocycles. The molecular weight excluding hydrogens is 298 g/mol. The number of piperidine rings is 1. The zero-order valence-electron chi connectivity index (χ0n) is 14.5. The van der Waals surface area contributed by atoms with Crippen molar-refractivity contribution in [2.24, 2.45) is 5.92 Å². The molecule has 2 aliphatic rings. The van der Waals surface area contributed by atoms with Crippen LogP contribution in [0.1, 0.15) is 33.6 Å². The van der Waals surface area contributed by atoms with E-state index in [1.54, 1.807) is 9.80 Å². The van der Waals surface area contributed by atoms with Crippen molar-refractivity contribution in [2.75, 3.05) is 45.9 Å². The molecular formula is C16H29N3O4. The number of hydrogen-bond acceptors (Lipinski definition) is 4. The predicted molar refractivity (Wildman–Crippen MR) is 86.2 cm³/mol. The van der Waals surface area contributed by atoms with Crippen LogP contribution in [0.25, 0.3) is 0 Å². The van der Waals surface area contributed by atoms with Crippen LogP contribution >= 0.6 is 0 Å². The van der Waals surface area contributed by atoms with E-state index in [9.17, 15) is 14.7 Å². The third-order valence-electron chi connectivity index (χ3n) is 4.25. The number of amides is 3. The zero-order valence-corrected chi connectivity index (χ0v) is 14.5. The summed E-state index contributed by atoms with van der Waals surface area (Å²) in [4.78, 5) is 29.9. The van der Waals surface area contributed by atoms with Crippen molar-refractivity contribution in [1.29, 1.82) is 0 Å². The van der Waals surface area contributed by atoms with Gasteiger partial charge in [0.05, 0.1) is 0 Å². The molecule has 7 heteroatoms. The number of piperazine rings is 1. The van der Waals surface area contributed by atoms with Crippen LogP contribution in [0.4, 0.5) is 9.59 Å².